The summed E-state index contributed by atoms with van der Waals surface area (Å²) in [6.07, 6.45) is 0. The van der Waals surface area contributed by atoms with Crippen molar-refractivity contribution in [2.24, 2.45) is 5.73 Å². The summed E-state index contributed by atoms with van der Waals surface area (Å²) >= 11 is 0. The molecule has 3 atom stereocenters. The first-order chi connectivity index (χ1) is 8.01. The standard InChI is InChI=1S/C12H17NO3S/c1-3-17(14,15)12-10(11(12)13)8-4-6-9(16-2)7-5-8/h4-7,10-12H,3,13H2,1-2H3/t10-,11+,12-/m0/s1. The van der Waals surface area contributed by atoms with Crippen LogP contribution in [-0.2, 0) is 9.84 Å². The molecule has 1 aromatic carbocycles. The molecule has 94 valence electrons. The van der Waals surface area contributed by atoms with Crippen molar-refractivity contribution < 1.29 is 13.2 Å². The van der Waals surface area contributed by atoms with Crippen LogP contribution in [0.25, 0.3) is 0 Å². The Morgan fingerprint density at radius 2 is 1.88 bits per heavy atom. The van der Waals surface area contributed by atoms with E-state index in [1.165, 1.54) is 0 Å². The Kier molecular flexibility index (Phi) is 3.14. The molecule has 4 nitrogen and oxygen atoms in total. The number of benzene rings is 1. The minimum Gasteiger partial charge on any atom is -0.497 e. The lowest BCUT2D eigenvalue weighted by Gasteiger charge is -2.02. The number of methoxy groups -OCH3 is 1. The maximum Gasteiger partial charge on any atom is 0.155 e. The van der Waals surface area contributed by atoms with Crippen molar-refractivity contribution >= 4 is 9.84 Å². The molecule has 0 spiro atoms. The van der Waals surface area contributed by atoms with Gasteiger partial charge in [0.05, 0.1) is 12.4 Å². The van der Waals surface area contributed by atoms with Crippen molar-refractivity contribution in [3.8, 4) is 5.75 Å². The van der Waals surface area contributed by atoms with E-state index in [1.54, 1.807) is 14.0 Å². The van der Waals surface area contributed by atoms with Gasteiger partial charge in [-0.25, -0.2) is 8.42 Å². The molecule has 0 amide bonds. The maximum absolute atomic E-state index is 11.8. The minimum absolute atomic E-state index is 0.0640. The number of hydrogen-bond acceptors (Lipinski definition) is 4. The quantitative estimate of drug-likeness (QED) is 0.868. The van der Waals surface area contributed by atoms with Crippen molar-refractivity contribution in [1.82, 2.24) is 0 Å². The summed E-state index contributed by atoms with van der Waals surface area (Å²) in [5.74, 6) is 0.849. The van der Waals surface area contributed by atoms with Crippen LogP contribution < -0.4 is 10.5 Å². The predicted octanol–water partition coefficient (Wildman–Crippen LogP) is 0.923. The average Bonchev–Trinajstić information content (AvgIpc) is 3.02. The largest absolute Gasteiger partial charge is 0.497 e. The highest BCUT2D eigenvalue weighted by molar-refractivity contribution is 7.92. The zero-order valence-corrected chi connectivity index (χ0v) is 10.8. The number of sulfone groups is 1. The summed E-state index contributed by atoms with van der Waals surface area (Å²) in [4.78, 5) is 0. The Balaban J connectivity index is 2.20. The summed E-state index contributed by atoms with van der Waals surface area (Å²) in [6, 6.07) is 7.16. The van der Waals surface area contributed by atoms with E-state index in [-0.39, 0.29) is 17.7 Å². The van der Waals surface area contributed by atoms with E-state index < -0.39 is 15.1 Å². The van der Waals surface area contributed by atoms with Crippen LogP contribution >= 0.6 is 0 Å². The molecule has 0 radical (unpaired) electrons. The van der Waals surface area contributed by atoms with E-state index in [0.717, 1.165) is 11.3 Å². The first-order valence-corrected chi connectivity index (χ1v) is 7.34. The van der Waals surface area contributed by atoms with Crippen molar-refractivity contribution in [3.63, 3.8) is 0 Å². The van der Waals surface area contributed by atoms with E-state index in [0.29, 0.717) is 0 Å². The Bertz CT molecular complexity index is 495. The highest BCUT2D eigenvalue weighted by atomic mass is 32.2. The van der Waals surface area contributed by atoms with E-state index in [2.05, 4.69) is 0 Å². The van der Waals surface area contributed by atoms with Gasteiger partial charge in [0, 0.05) is 17.7 Å². The van der Waals surface area contributed by atoms with Gasteiger partial charge in [-0.05, 0) is 17.7 Å². The third-order valence-electron chi connectivity index (χ3n) is 3.32. The topological polar surface area (TPSA) is 69.4 Å². The van der Waals surface area contributed by atoms with Crippen molar-refractivity contribution in [1.29, 1.82) is 0 Å². The van der Waals surface area contributed by atoms with Crippen LogP contribution in [0.2, 0.25) is 0 Å². The predicted molar refractivity (Wildman–Crippen MR) is 67.0 cm³/mol. The van der Waals surface area contributed by atoms with Crippen LogP contribution in [0.15, 0.2) is 24.3 Å². The smallest absolute Gasteiger partial charge is 0.155 e. The molecule has 1 fully saturated rings. The zero-order chi connectivity index (χ0) is 12.6. The molecule has 0 aromatic heterocycles. The second kappa shape index (κ2) is 4.31. The van der Waals surface area contributed by atoms with Crippen LogP contribution in [0, 0.1) is 0 Å². The Morgan fingerprint density at radius 1 is 1.29 bits per heavy atom. The van der Waals surface area contributed by atoms with Gasteiger partial charge in [-0.1, -0.05) is 19.1 Å². The van der Waals surface area contributed by atoms with Gasteiger partial charge in [-0.15, -0.1) is 0 Å². The van der Waals surface area contributed by atoms with Gasteiger partial charge in [0.15, 0.2) is 9.84 Å². The van der Waals surface area contributed by atoms with Crippen molar-refractivity contribution in [2.75, 3.05) is 12.9 Å². The summed E-state index contributed by atoms with van der Waals surface area (Å²) < 4.78 is 28.6. The van der Waals surface area contributed by atoms with E-state index in [9.17, 15) is 8.42 Å². The van der Waals surface area contributed by atoms with Crippen LogP contribution in [0.1, 0.15) is 18.4 Å². The van der Waals surface area contributed by atoms with E-state index >= 15 is 0 Å². The molecule has 17 heavy (non-hydrogen) atoms. The van der Waals surface area contributed by atoms with E-state index in [4.69, 9.17) is 10.5 Å². The molecule has 0 unspecified atom stereocenters. The highest BCUT2D eigenvalue weighted by Gasteiger charge is 2.55. The molecule has 2 N–H and O–H groups in total. The molecule has 0 saturated heterocycles. The van der Waals surface area contributed by atoms with Gasteiger partial charge < -0.3 is 10.5 Å². The summed E-state index contributed by atoms with van der Waals surface area (Å²) in [6.45, 7) is 1.66. The highest BCUT2D eigenvalue weighted by Crippen LogP contribution is 2.45. The molecular weight excluding hydrogens is 238 g/mol. The first-order valence-electron chi connectivity index (χ1n) is 5.62. The fourth-order valence-electron chi connectivity index (χ4n) is 2.20. The SMILES string of the molecule is CCS(=O)(=O)[C@@H]1[C@H](N)[C@@H]1c1ccc(OC)cc1. The molecular formula is C12H17NO3S. The van der Waals surface area contributed by atoms with Gasteiger partial charge in [0.1, 0.15) is 5.75 Å². The molecule has 1 aliphatic rings. The molecule has 1 aromatic rings. The van der Waals surface area contributed by atoms with Crippen LogP contribution in [-0.4, -0.2) is 32.6 Å². The fourth-order valence-corrected chi connectivity index (χ4v) is 3.93. The molecule has 0 heterocycles. The molecule has 1 saturated carbocycles. The van der Waals surface area contributed by atoms with E-state index in [1.807, 2.05) is 24.3 Å². The van der Waals surface area contributed by atoms with Gasteiger partial charge in [0.2, 0.25) is 0 Å². The lowest BCUT2D eigenvalue weighted by molar-refractivity contribution is 0.414. The summed E-state index contributed by atoms with van der Waals surface area (Å²) in [7, 11) is -1.44. The Morgan fingerprint density at radius 3 is 2.35 bits per heavy atom. The normalized spacial score (nSPS) is 27.8. The molecule has 2 rings (SSSR count). The number of hydrogen-bond donors (Lipinski definition) is 1. The summed E-state index contributed by atoms with van der Waals surface area (Å²) in [5, 5.41) is -0.416. The van der Waals surface area contributed by atoms with Crippen molar-refractivity contribution in [2.45, 2.75) is 24.1 Å². The third-order valence-corrected chi connectivity index (χ3v) is 5.57. The van der Waals surface area contributed by atoms with Gasteiger partial charge in [-0.3, -0.25) is 0 Å². The molecule has 0 aliphatic heterocycles. The monoisotopic (exact) mass is 255 g/mol. The van der Waals surface area contributed by atoms with Gasteiger partial charge in [-0.2, -0.15) is 0 Å². The van der Waals surface area contributed by atoms with Crippen molar-refractivity contribution in [3.05, 3.63) is 29.8 Å². The summed E-state index contributed by atoms with van der Waals surface area (Å²) in [5.41, 5.74) is 6.84. The third kappa shape index (κ3) is 2.17. The zero-order valence-electron chi connectivity index (χ0n) is 9.96. The fraction of sp³-hybridized carbons (Fsp3) is 0.500. The average molecular weight is 255 g/mol. The van der Waals surface area contributed by atoms with Crippen LogP contribution in [0.5, 0.6) is 5.75 Å². The number of ether oxygens (including phenoxy) is 1. The van der Waals surface area contributed by atoms with Gasteiger partial charge >= 0.3 is 0 Å². The Labute approximate surface area is 102 Å². The Hall–Kier alpha value is -1.07. The lowest BCUT2D eigenvalue weighted by Crippen LogP contribution is -2.17. The molecule has 0 bridgehead atoms. The molecule has 5 heteroatoms. The van der Waals surface area contributed by atoms with Gasteiger partial charge in [0.25, 0.3) is 0 Å². The second-order valence-electron chi connectivity index (χ2n) is 4.29. The molecule has 1 aliphatic carbocycles. The van der Waals surface area contributed by atoms with Crippen LogP contribution in [0.4, 0.5) is 0 Å². The number of nitrogens with two attached hydrogens (primary N) is 1. The second-order valence-corrected chi connectivity index (χ2v) is 6.74. The first kappa shape index (κ1) is 12.4. The van der Waals surface area contributed by atoms with Crippen LogP contribution in [0.3, 0.4) is 0 Å². The maximum atomic E-state index is 11.8. The lowest BCUT2D eigenvalue weighted by atomic mass is 10.1. The minimum atomic E-state index is -3.04. The number of rotatable bonds is 4.